The second-order valence-electron chi connectivity index (χ2n) is 7.74. The van der Waals surface area contributed by atoms with E-state index in [1.165, 1.54) is 4.90 Å². The van der Waals surface area contributed by atoms with Gasteiger partial charge in [-0.1, -0.05) is 30.3 Å². The SMILES string of the molecule is COc1ccc(C2C(C(=O)c3cc4ccccc4o3)=C([O-])C(=O)N2Cc2ccc[nH+]c2)cc1. The molecule has 7 nitrogen and oxygen atoms in total. The summed E-state index contributed by atoms with van der Waals surface area (Å²) in [6, 6.07) is 18.6. The first-order chi connectivity index (χ1) is 16.1. The first-order valence-corrected chi connectivity index (χ1v) is 10.4. The van der Waals surface area contributed by atoms with E-state index in [-0.39, 0.29) is 17.9 Å². The lowest BCUT2D eigenvalue weighted by Crippen LogP contribution is -2.32. The molecule has 1 N–H and O–H groups in total. The van der Waals surface area contributed by atoms with Gasteiger partial charge in [0.15, 0.2) is 18.2 Å². The molecular weight excluding hydrogens is 420 g/mol. The molecule has 0 aliphatic carbocycles. The molecule has 0 radical (unpaired) electrons. The Kier molecular flexibility index (Phi) is 5.14. The number of aromatic amines is 1. The highest BCUT2D eigenvalue weighted by molar-refractivity contribution is 6.15. The number of amides is 1. The summed E-state index contributed by atoms with van der Waals surface area (Å²) in [5.41, 5.74) is 1.85. The first kappa shape index (κ1) is 20.5. The van der Waals surface area contributed by atoms with Crippen molar-refractivity contribution in [1.29, 1.82) is 0 Å². The molecule has 164 valence electrons. The number of ketones is 1. The van der Waals surface area contributed by atoms with Gasteiger partial charge in [-0.2, -0.15) is 0 Å². The lowest BCUT2D eigenvalue weighted by atomic mass is 9.94. The predicted molar refractivity (Wildman–Crippen MR) is 117 cm³/mol. The van der Waals surface area contributed by atoms with E-state index in [2.05, 4.69) is 4.98 Å². The van der Waals surface area contributed by atoms with Crippen LogP contribution in [-0.4, -0.2) is 23.7 Å². The number of nitrogens with zero attached hydrogens (tertiary/aromatic N) is 1. The van der Waals surface area contributed by atoms with Crippen LogP contribution in [0.5, 0.6) is 5.75 Å². The Bertz CT molecular complexity index is 1340. The van der Waals surface area contributed by atoms with E-state index in [4.69, 9.17) is 9.15 Å². The third-order valence-corrected chi connectivity index (χ3v) is 5.73. The molecule has 7 heteroatoms. The summed E-state index contributed by atoms with van der Waals surface area (Å²) in [5.74, 6) is -1.47. The summed E-state index contributed by atoms with van der Waals surface area (Å²) in [5, 5.41) is 13.9. The largest absolute Gasteiger partial charge is 0.868 e. The number of hydrogen-bond donors (Lipinski definition) is 0. The third-order valence-electron chi connectivity index (χ3n) is 5.73. The van der Waals surface area contributed by atoms with Crippen LogP contribution in [0.25, 0.3) is 11.0 Å². The van der Waals surface area contributed by atoms with Crippen molar-refractivity contribution in [3.63, 3.8) is 0 Å². The summed E-state index contributed by atoms with van der Waals surface area (Å²) in [4.78, 5) is 31.0. The molecule has 0 fully saturated rings. The molecule has 2 aromatic carbocycles. The van der Waals surface area contributed by atoms with E-state index in [1.54, 1.807) is 62.0 Å². The minimum absolute atomic E-state index is 0.0285. The van der Waals surface area contributed by atoms with Gasteiger partial charge in [0.1, 0.15) is 11.3 Å². The zero-order valence-electron chi connectivity index (χ0n) is 17.8. The number of Topliss-reactive ketones (excluding diaryl/α,β-unsaturated/α-hetero) is 1. The lowest BCUT2D eigenvalue weighted by Gasteiger charge is -2.27. The van der Waals surface area contributed by atoms with Gasteiger partial charge in [-0.05, 0) is 41.7 Å². The zero-order chi connectivity index (χ0) is 22.9. The molecular formula is C26H20N2O5. The number of fused-ring (bicyclic) bond motifs is 1. The number of hydrogen-bond acceptors (Lipinski definition) is 5. The van der Waals surface area contributed by atoms with Crippen LogP contribution in [0.15, 0.2) is 94.9 Å². The van der Waals surface area contributed by atoms with Crippen LogP contribution >= 0.6 is 0 Å². The minimum Gasteiger partial charge on any atom is -0.868 e. The van der Waals surface area contributed by atoms with Gasteiger partial charge in [0.05, 0.1) is 19.7 Å². The van der Waals surface area contributed by atoms with Crippen molar-refractivity contribution < 1.29 is 28.8 Å². The van der Waals surface area contributed by atoms with Gasteiger partial charge in [0, 0.05) is 22.6 Å². The van der Waals surface area contributed by atoms with Crippen molar-refractivity contribution in [2.24, 2.45) is 0 Å². The molecule has 0 bridgehead atoms. The maximum atomic E-state index is 13.5. The Balaban J connectivity index is 1.59. The average Bonchev–Trinajstić information content (AvgIpc) is 3.39. The Hall–Kier alpha value is -4.39. The van der Waals surface area contributed by atoms with E-state index < -0.39 is 23.5 Å². The fraction of sp³-hybridized carbons (Fsp3) is 0.115. The normalized spacial score (nSPS) is 16.0. The van der Waals surface area contributed by atoms with Gasteiger partial charge >= 0.3 is 0 Å². The van der Waals surface area contributed by atoms with Gasteiger partial charge in [-0.25, -0.2) is 4.98 Å². The molecule has 0 spiro atoms. The fourth-order valence-corrected chi connectivity index (χ4v) is 4.12. The maximum absolute atomic E-state index is 13.5. The summed E-state index contributed by atoms with van der Waals surface area (Å²) in [6.45, 7) is 0.162. The van der Waals surface area contributed by atoms with E-state index in [0.717, 1.165) is 10.9 Å². The Labute approximate surface area is 189 Å². The van der Waals surface area contributed by atoms with Crippen LogP contribution in [0.2, 0.25) is 0 Å². The van der Waals surface area contributed by atoms with Crippen LogP contribution in [-0.2, 0) is 11.3 Å². The van der Waals surface area contributed by atoms with Crippen LogP contribution in [0, 0.1) is 0 Å². The van der Waals surface area contributed by atoms with E-state index in [9.17, 15) is 14.7 Å². The number of carbonyl (C=O) groups is 2. The molecule has 0 saturated heterocycles. The van der Waals surface area contributed by atoms with E-state index in [0.29, 0.717) is 16.9 Å². The predicted octanol–water partition coefficient (Wildman–Crippen LogP) is 2.84. The molecule has 2 aromatic heterocycles. The van der Waals surface area contributed by atoms with E-state index in [1.807, 2.05) is 24.3 Å². The minimum atomic E-state index is -0.850. The molecule has 3 heterocycles. The van der Waals surface area contributed by atoms with Gasteiger partial charge in [0.2, 0.25) is 11.7 Å². The third kappa shape index (κ3) is 3.63. The highest BCUT2D eigenvalue weighted by atomic mass is 16.5. The standard InChI is InChI=1S/C26H20N2O5/c1-32-19-10-8-17(9-11-19)23-22(24(29)21-13-18-6-2-3-7-20(18)33-21)25(30)26(31)28(23)15-16-5-4-12-27-14-16/h2-14,23,30H,15H2,1H3. The molecule has 33 heavy (non-hydrogen) atoms. The van der Waals surface area contributed by atoms with Crippen LogP contribution < -0.4 is 14.8 Å². The molecule has 1 unspecified atom stereocenters. The van der Waals surface area contributed by atoms with Crippen molar-refractivity contribution in [3.8, 4) is 5.75 Å². The number of furan rings is 1. The number of aromatic nitrogens is 1. The monoisotopic (exact) mass is 440 g/mol. The van der Waals surface area contributed by atoms with Crippen LogP contribution in [0.4, 0.5) is 0 Å². The number of ether oxygens (including phenoxy) is 1. The Morgan fingerprint density at radius 3 is 2.61 bits per heavy atom. The molecule has 1 amide bonds. The van der Waals surface area contributed by atoms with Crippen molar-refractivity contribution in [2.75, 3.05) is 7.11 Å². The lowest BCUT2D eigenvalue weighted by molar-refractivity contribution is -0.378. The Morgan fingerprint density at radius 2 is 1.91 bits per heavy atom. The molecule has 1 aliphatic rings. The van der Waals surface area contributed by atoms with Crippen molar-refractivity contribution in [2.45, 2.75) is 12.6 Å². The average molecular weight is 440 g/mol. The number of para-hydroxylation sites is 1. The molecule has 1 atom stereocenters. The summed E-state index contributed by atoms with van der Waals surface area (Å²) >= 11 is 0. The molecule has 0 saturated carbocycles. The Morgan fingerprint density at radius 1 is 1.12 bits per heavy atom. The number of methoxy groups -OCH3 is 1. The topological polar surface area (TPSA) is 96.9 Å². The maximum Gasteiger partial charge on any atom is 0.240 e. The second-order valence-corrected chi connectivity index (χ2v) is 7.74. The second kappa shape index (κ2) is 8.27. The van der Waals surface area contributed by atoms with Gasteiger partial charge < -0.3 is 19.2 Å². The van der Waals surface area contributed by atoms with Gasteiger partial charge in [-0.3, -0.25) is 9.59 Å². The number of carbonyl (C=O) groups excluding carboxylic acids is 2. The number of rotatable bonds is 6. The highest BCUT2D eigenvalue weighted by Gasteiger charge is 2.40. The zero-order valence-corrected chi connectivity index (χ0v) is 17.8. The summed E-state index contributed by atoms with van der Waals surface area (Å²) < 4.78 is 11.0. The number of pyridine rings is 1. The summed E-state index contributed by atoms with van der Waals surface area (Å²) in [6.07, 6.45) is 3.51. The summed E-state index contributed by atoms with van der Waals surface area (Å²) in [7, 11) is 1.55. The van der Waals surface area contributed by atoms with Crippen LogP contribution in [0.1, 0.15) is 27.7 Å². The van der Waals surface area contributed by atoms with Gasteiger partial charge in [-0.15, -0.1) is 0 Å². The first-order valence-electron chi connectivity index (χ1n) is 10.4. The quantitative estimate of drug-likeness (QED) is 0.430. The van der Waals surface area contributed by atoms with Crippen molar-refractivity contribution in [3.05, 3.63) is 107 Å². The number of nitrogens with one attached hydrogen (secondary N) is 1. The molecule has 5 rings (SSSR count). The molecule has 4 aromatic rings. The fourth-order valence-electron chi connectivity index (χ4n) is 4.12. The molecule has 1 aliphatic heterocycles. The van der Waals surface area contributed by atoms with Crippen molar-refractivity contribution >= 4 is 22.7 Å². The van der Waals surface area contributed by atoms with Crippen molar-refractivity contribution in [1.82, 2.24) is 4.90 Å². The number of benzene rings is 2. The smallest absolute Gasteiger partial charge is 0.240 e. The number of H-pyrrole nitrogens is 1. The van der Waals surface area contributed by atoms with Gasteiger partial charge in [0.25, 0.3) is 0 Å². The van der Waals surface area contributed by atoms with Crippen LogP contribution in [0.3, 0.4) is 0 Å². The highest BCUT2D eigenvalue weighted by Crippen LogP contribution is 2.40. The van der Waals surface area contributed by atoms with E-state index >= 15 is 0 Å².